The van der Waals surface area contributed by atoms with Crippen LogP contribution in [0.25, 0.3) is 116 Å². The lowest BCUT2D eigenvalue weighted by atomic mass is 10.0. The molecule has 0 aliphatic rings. The van der Waals surface area contributed by atoms with Gasteiger partial charge in [0.15, 0.2) is 0 Å². The van der Waals surface area contributed by atoms with Crippen LogP contribution in [0, 0.1) is 0 Å². The van der Waals surface area contributed by atoms with Gasteiger partial charge in [-0.1, -0.05) is 146 Å². The Balaban J connectivity index is 0.966. The molecule has 0 aliphatic heterocycles. The minimum absolute atomic E-state index is 0.945. The molecule has 0 saturated carbocycles. The summed E-state index contributed by atoms with van der Waals surface area (Å²) in [5.41, 5.74) is 16.9. The predicted molar refractivity (Wildman–Crippen MR) is 264 cm³/mol. The molecule has 0 saturated heterocycles. The van der Waals surface area contributed by atoms with Crippen molar-refractivity contribution in [2.45, 2.75) is 0 Å². The fourth-order valence-electron chi connectivity index (χ4n) is 9.98. The molecular weight excluding hydrogens is 765 g/mol. The van der Waals surface area contributed by atoms with Crippen LogP contribution in [-0.2, 0) is 0 Å². The van der Waals surface area contributed by atoms with Gasteiger partial charge in [-0.05, 0) is 96.1 Å². The molecule has 4 heterocycles. The average Bonchev–Trinajstić information content (AvgIpc) is 3.99. The molecule has 4 aromatic heterocycles. The third-order valence-corrected chi connectivity index (χ3v) is 12.8. The molecule has 0 atom stereocenters. The van der Waals surface area contributed by atoms with E-state index < -0.39 is 0 Å². The van der Waals surface area contributed by atoms with Gasteiger partial charge in [0.1, 0.15) is 0 Å². The third-order valence-electron chi connectivity index (χ3n) is 12.8. The highest BCUT2D eigenvalue weighted by Gasteiger charge is 2.19. The summed E-state index contributed by atoms with van der Waals surface area (Å²) < 4.78 is 7.21. The summed E-state index contributed by atoms with van der Waals surface area (Å²) in [6, 6.07) is 83.3. The Labute approximate surface area is 363 Å². The van der Waals surface area contributed by atoms with Crippen molar-refractivity contribution in [3.05, 3.63) is 231 Å². The molecule has 0 amide bonds. The van der Waals surface area contributed by atoms with Gasteiger partial charge in [0.25, 0.3) is 0 Å². The molecule has 0 fully saturated rings. The van der Waals surface area contributed by atoms with Crippen LogP contribution in [0.2, 0.25) is 0 Å². The smallest absolute Gasteiger partial charge is 0.0730 e. The largest absolute Gasteiger partial charge is 0.309 e. The van der Waals surface area contributed by atoms with Crippen LogP contribution in [0.1, 0.15) is 0 Å². The van der Waals surface area contributed by atoms with Crippen molar-refractivity contribution in [3.63, 3.8) is 0 Å². The number of nitrogens with zero attached hydrogens (tertiary/aromatic N) is 4. The number of benzene rings is 9. The first kappa shape index (κ1) is 35.3. The van der Waals surface area contributed by atoms with Gasteiger partial charge in [-0.2, -0.15) is 0 Å². The molecule has 9 aromatic carbocycles. The number of aromatic nitrogens is 4. The molecule has 0 aliphatic carbocycles. The summed E-state index contributed by atoms with van der Waals surface area (Å²) in [5, 5.41) is 7.39. The van der Waals surface area contributed by atoms with Crippen LogP contribution in [0.4, 0.5) is 0 Å². The number of hydrogen-bond acceptors (Lipinski definition) is 1. The fraction of sp³-hybridized carbons (Fsp3) is 0. The zero-order valence-electron chi connectivity index (χ0n) is 34.2. The average molecular weight is 803 g/mol. The molecule has 294 valence electrons. The van der Waals surface area contributed by atoms with Crippen molar-refractivity contribution in [3.8, 4) is 50.7 Å². The number of hydrogen-bond donors (Lipinski definition) is 0. The quantitative estimate of drug-likeness (QED) is 0.165. The molecule has 4 nitrogen and oxygen atoms in total. The van der Waals surface area contributed by atoms with Crippen molar-refractivity contribution in [2.24, 2.45) is 0 Å². The van der Waals surface area contributed by atoms with E-state index in [1.807, 2.05) is 0 Å². The summed E-state index contributed by atoms with van der Waals surface area (Å²) in [5.74, 6) is 0. The van der Waals surface area contributed by atoms with Gasteiger partial charge in [-0.15, -0.1) is 0 Å². The van der Waals surface area contributed by atoms with Gasteiger partial charge in [-0.3, -0.25) is 0 Å². The summed E-state index contributed by atoms with van der Waals surface area (Å²) in [6.45, 7) is 0. The SMILES string of the molecule is c1ccc(-c2cc(-n3c4ccccc4c4cc(-c5ccc6c(c5)c5ccccc5n6-c5ccc6c(c5)c5ccccc5n6-c5ccccc5)ccc43)cc(-c3ccccc3)n2)cc1. The molecule has 13 aromatic rings. The monoisotopic (exact) mass is 802 g/mol. The Morgan fingerprint density at radius 2 is 0.587 bits per heavy atom. The summed E-state index contributed by atoms with van der Waals surface area (Å²) in [6.07, 6.45) is 0. The second-order valence-corrected chi connectivity index (χ2v) is 16.4. The molecule has 0 N–H and O–H groups in total. The van der Waals surface area contributed by atoms with Gasteiger partial charge in [-0.25, -0.2) is 4.98 Å². The van der Waals surface area contributed by atoms with Crippen LogP contribution in [0.15, 0.2) is 231 Å². The zero-order chi connectivity index (χ0) is 41.4. The Bertz CT molecular complexity index is 3830. The summed E-state index contributed by atoms with van der Waals surface area (Å²) >= 11 is 0. The van der Waals surface area contributed by atoms with Crippen LogP contribution in [0.3, 0.4) is 0 Å². The van der Waals surface area contributed by atoms with E-state index in [1.165, 1.54) is 65.5 Å². The molecular formula is C59H38N4. The maximum absolute atomic E-state index is 5.19. The lowest BCUT2D eigenvalue weighted by Gasteiger charge is -2.13. The lowest BCUT2D eigenvalue weighted by molar-refractivity contribution is 1.16. The van der Waals surface area contributed by atoms with E-state index in [-0.39, 0.29) is 0 Å². The minimum Gasteiger partial charge on any atom is -0.309 e. The van der Waals surface area contributed by atoms with Crippen LogP contribution >= 0.6 is 0 Å². The molecule has 13 rings (SSSR count). The maximum Gasteiger partial charge on any atom is 0.0730 e. The van der Waals surface area contributed by atoms with E-state index in [2.05, 4.69) is 244 Å². The van der Waals surface area contributed by atoms with E-state index in [9.17, 15) is 0 Å². The highest BCUT2D eigenvalue weighted by atomic mass is 15.0. The van der Waals surface area contributed by atoms with E-state index in [0.29, 0.717) is 0 Å². The standard InChI is InChI=1S/C59H38N4/c1-4-16-39(17-5-1)52-37-45(38-53(60-52)40-18-6-2-7-19-40)63-56-27-15-11-23-47(56)50-35-42(29-32-58(50)63)41-28-31-57-49(34-41)46-22-10-14-26-55(46)62(57)44-30-33-59-51(36-44)48-24-12-13-25-54(48)61(59)43-20-8-3-9-21-43/h1-38H. The van der Waals surface area contributed by atoms with Crippen molar-refractivity contribution in [1.29, 1.82) is 0 Å². The predicted octanol–water partition coefficient (Wildman–Crippen LogP) is 15.4. The van der Waals surface area contributed by atoms with Gasteiger partial charge in [0.05, 0.1) is 50.2 Å². The van der Waals surface area contributed by atoms with Gasteiger partial charge >= 0.3 is 0 Å². The number of pyridine rings is 1. The first-order chi connectivity index (χ1) is 31.2. The van der Waals surface area contributed by atoms with Gasteiger partial charge in [0, 0.05) is 54.8 Å². The van der Waals surface area contributed by atoms with Crippen molar-refractivity contribution >= 4 is 65.4 Å². The molecule has 0 bridgehead atoms. The van der Waals surface area contributed by atoms with Gasteiger partial charge in [0.2, 0.25) is 0 Å². The minimum atomic E-state index is 0.945. The summed E-state index contributed by atoms with van der Waals surface area (Å²) in [7, 11) is 0. The van der Waals surface area contributed by atoms with E-state index >= 15 is 0 Å². The van der Waals surface area contributed by atoms with Crippen molar-refractivity contribution in [1.82, 2.24) is 18.7 Å². The van der Waals surface area contributed by atoms with Crippen molar-refractivity contribution in [2.75, 3.05) is 0 Å². The molecule has 4 heteroatoms. The molecule has 0 unspecified atom stereocenters. The highest BCUT2D eigenvalue weighted by molar-refractivity contribution is 6.14. The number of para-hydroxylation sites is 4. The topological polar surface area (TPSA) is 27.7 Å². The molecule has 0 spiro atoms. The maximum atomic E-state index is 5.19. The Morgan fingerprint density at radius 1 is 0.222 bits per heavy atom. The molecule has 63 heavy (non-hydrogen) atoms. The van der Waals surface area contributed by atoms with Crippen LogP contribution < -0.4 is 0 Å². The van der Waals surface area contributed by atoms with Gasteiger partial charge < -0.3 is 13.7 Å². The highest BCUT2D eigenvalue weighted by Crippen LogP contribution is 2.41. The number of rotatable bonds is 6. The van der Waals surface area contributed by atoms with Crippen molar-refractivity contribution < 1.29 is 0 Å². The Hall–Kier alpha value is -8.47. The van der Waals surface area contributed by atoms with E-state index in [0.717, 1.165) is 50.6 Å². The fourth-order valence-corrected chi connectivity index (χ4v) is 9.98. The van der Waals surface area contributed by atoms with Crippen LogP contribution in [0.5, 0.6) is 0 Å². The lowest BCUT2D eigenvalue weighted by Crippen LogP contribution is -1.98. The Morgan fingerprint density at radius 3 is 1.08 bits per heavy atom. The second kappa shape index (κ2) is 14.1. The third kappa shape index (κ3) is 5.59. The first-order valence-electron chi connectivity index (χ1n) is 21.5. The van der Waals surface area contributed by atoms with E-state index in [4.69, 9.17) is 4.98 Å². The first-order valence-corrected chi connectivity index (χ1v) is 21.5. The Kier molecular flexibility index (Phi) is 7.87. The van der Waals surface area contributed by atoms with Crippen LogP contribution in [-0.4, -0.2) is 18.7 Å². The summed E-state index contributed by atoms with van der Waals surface area (Å²) in [4.78, 5) is 5.19. The molecule has 0 radical (unpaired) electrons. The number of fused-ring (bicyclic) bond motifs is 9. The second-order valence-electron chi connectivity index (χ2n) is 16.4. The van der Waals surface area contributed by atoms with E-state index in [1.54, 1.807) is 0 Å². The normalized spacial score (nSPS) is 11.8. The zero-order valence-corrected chi connectivity index (χ0v) is 34.2.